The smallest absolute Gasteiger partial charge is 0.148 e. The molecule has 0 aliphatic heterocycles. The van der Waals surface area contributed by atoms with Crippen molar-refractivity contribution < 1.29 is 8.42 Å². The Bertz CT molecular complexity index is 255. The van der Waals surface area contributed by atoms with Gasteiger partial charge >= 0.3 is 0 Å². The highest BCUT2D eigenvalue weighted by Crippen LogP contribution is 1.97. The second-order valence-electron chi connectivity index (χ2n) is 4.91. The molecule has 5 heteroatoms. The quantitative estimate of drug-likeness (QED) is 0.628. The fourth-order valence-corrected chi connectivity index (χ4v) is 1.57. The molecule has 0 heterocycles. The van der Waals surface area contributed by atoms with Crippen LogP contribution in [0, 0.1) is 0 Å². The standard InChI is InChI=1S/C10H24N2O2S/c1-10(2,3)12-7-5-6-11-8-9-15(4,13)14/h11-12H,5-9H2,1-4H3. The van der Waals surface area contributed by atoms with E-state index in [2.05, 4.69) is 31.4 Å². The summed E-state index contributed by atoms with van der Waals surface area (Å²) in [6.45, 7) is 8.75. The molecule has 15 heavy (non-hydrogen) atoms. The Morgan fingerprint density at radius 2 is 1.67 bits per heavy atom. The lowest BCUT2D eigenvalue weighted by molar-refractivity contribution is 0.419. The minimum Gasteiger partial charge on any atom is -0.316 e. The van der Waals surface area contributed by atoms with Gasteiger partial charge in [-0.15, -0.1) is 0 Å². The molecule has 0 spiro atoms. The Hall–Kier alpha value is -0.130. The summed E-state index contributed by atoms with van der Waals surface area (Å²) in [5.41, 5.74) is 0.159. The van der Waals surface area contributed by atoms with Crippen molar-refractivity contribution in [2.45, 2.75) is 32.7 Å². The third kappa shape index (κ3) is 13.9. The minimum atomic E-state index is -2.82. The first-order valence-corrected chi connectivity index (χ1v) is 7.40. The summed E-state index contributed by atoms with van der Waals surface area (Å²) in [6, 6.07) is 0. The molecule has 92 valence electrons. The van der Waals surface area contributed by atoms with E-state index in [4.69, 9.17) is 0 Å². The van der Waals surface area contributed by atoms with E-state index in [9.17, 15) is 8.42 Å². The molecule has 0 fully saturated rings. The molecule has 0 rings (SSSR count). The summed E-state index contributed by atoms with van der Waals surface area (Å²) in [6.07, 6.45) is 2.27. The molecule has 0 aromatic carbocycles. The fourth-order valence-electron chi connectivity index (χ4n) is 1.06. The van der Waals surface area contributed by atoms with Gasteiger partial charge in [0.15, 0.2) is 0 Å². The van der Waals surface area contributed by atoms with Crippen LogP contribution in [0.3, 0.4) is 0 Å². The summed E-state index contributed by atoms with van der Waals surface area (Å²) < 4.78 is 21.6. The summed E-state index contributed by atoms with van der Waals surface area (Å²) >= 11 is 0. The van der Waals surface area contributed by atoms with Crippen molar-refractivity contribution in [1.29, 1.82) is 0 Å². The van der Waals surface area contributed by atoms with Gasteiger partial charge in [-0.05, 0) is 40.3 Å². The molecule has 0 radical (unpaired) electrons. The van der Waals surface area contributed by atoms with E-state index in [1.54, 1.807) is 0 Å². The first kappa shape index (κ1) is 14.9. The van der Waals surface area contributed by atoms with Crippen LogP contribution in [0.15, 0.2) is 0 Å². The molecule has 0 saturated carbocycles. The van der Waals surface area contributed by atoms with Crippen LogP contribution >= 0.6 is 0 Å². The van der Waals surface area contributed by atoms with Gasteiger partial charge in [0.25, 0.3) is 0 Å². The molecule has 0 saturated heterocycles. The second kappa shape index (κ2) is 6.45. The van der Waals surface area contributed by atoms with Crippen LogP contribution in [-0.4, -0.2) is 45.6 Å². The van der Waals surface area contributed by atoms with Crippen molar-refractivity contribution >= 4 is 9.84 Å². The SMILES string of the molecule is CC(C)(C)NCCCNCCS(C)(=O)=O. The Morgan fingerprint density at radius 3 is 2.13 bits per heavy atom. The zero-order chi connectivity index (χ0) is 11.9. The van der Waals surface area contributed by atoms with Gasteiger partial charge in [0, 0.05) is 18.3 Å². The predicted octanol–water partition coefficient (Wildman–Crippen LogP) is 0.399. The van der Waals surface area contributed by atoms with Crippen LogP contribution in [0.25, 0.3) is 0 Å². The summed E-state index contributed by atoms with van der Waals surface area (Å²) in [5, 5.41) is 6.48. The second-order valence-corrected chi connectivity index (χ2v) is 7.17. The monoisotopic (exact) mass is 236 g/mol. The maximum atomic E-state index is 10.8. The maximum absolute atomic E-state index is 10.8. The fraction of sp³-hybridized carbons (Fsp3) is 1.00. The maximum Gasteiger partial charge on any atom is 0.148 e. The zero-order valence-electron chi connectivity index (χ0n) is 10.3. The first-order valence-electron chi connectivity index (χ1n) is 5.34. The van der Waals surface area contributed by atoms with Crippen molar-refractivity contribution in [2.75, 3.05) is 31.6 Å². The lowest BCUT2D eigenvalue weighted by Gasteiger charge is -2.20. The van der Waals surface area contributed by atoms with Crippen LogP contribution in [0.5, 0.6) is 0 Å². The molecule has 0 aliphatic carbocycles. The van der Waals surface area contributed by atoms with Crippen LogP contribution < -0.4 is 10.6 Å². The van der Waals surface area contributed by atoms with Crippen LogP contribution in [-0.2, 0) is 9.84 Å². The average Bonchev–Trinajstić information content (AvgIpc) is 1.98. The average molecular weight is 236 g/mol. The van der Waals surface area contributed by atoms with Gasteiger partial charge < -0.3 is 10.6 Å². The minimum absolute atomic E-state index is 0.159. The van der Waals surface area contributed by atoms with E-state index in [1.165, 1.54) is 6.26 Å². The molecule has 0 atom stereocenters. The van der Waals surface area contributed by atoms with Gasteiger partial charge in [-0.1, -0.05) is 0 Å². The highest BCUT2D eigenvalue weighted by atomic mass is 32.2. The highest BCUT2D eigenvalue weighted by Gasteiger charge is 2.06. The predicted molar refractivity (Wildman–Crippen MR) is 65.0 cm³/mol. The van der Waals surface area contributed by atoms with Crippen molar-refractivity contribution in [1.82, 2.24) is 10.6 Å². The van der Waals surface area contributed by atoms with Crippen LogP contribution in [0.4, 0.5) is 0 Å². The van der Waals surface area contributed by atoms with Crippen molar-refractivity contribution in [2.24, 2.45) is 0 Å². The first-order chi connectivity index (χ1) is 6.71. The van der Waals surface area contributed by atoms with Crippen molar-refractivity contribution in [3.8, 4) is 0 Å². The molecule has 0 bridgehead atoms. The number of hydrogen-bond acceptors (Lipinski definition) is 4. The van der Waals surface area contributed by atoms with Crippen LogP contribution in [0.2, 0.25) is 0 Å². The summed E-state index contributed by atoms with van der Waals surface area (Å²) in [7, 11) is -2.82. The third-order valence-electron chi connectivity index (χ3n) is 1.84. The number of rotatable bonds is 7. The van der Waals surface area contributed by atoms with Gasteiger partial charge in [0.05, 0.1) is 5.75 Å². The number of sulfone groups is 1. The van der Waals surface area contributed by atoms with E-state index in [-0.39, 0.29) is 11.3 Å². The van der Waals surface area contributed by atoms with Gasteiger partial charge in [-0.2, -0.15) is 0 Å². The molecule has 4 nitrogen and oxygen atoms in total. The van der Waals surface area contributed by atoms with Gasteiger partial charge in [0.2, 0.25) is 0 Å². The molecule has 0 aromatic heterocycles. The zero-order valence-corrected chi connectivity index (χ0v) is 11.1. The third-order valence-corrected chi connectivity index (χ3v) is 2.78. The van der Waals surface area contributed by atoms with E-state index in [1.807, 2.05) is 0 Å². The van der Waals surface area contributed by atoms with Crippen molar-refractivity contribution in [3.63, 3.8) is 0 Å². The lowest BCUT2D eigenvalue weighted by atomic mass is 10.1. The van der Waals surface area contributed by atoms with E-state index in [0.717, 1.165) is 19.5 Å². The highest BCUT2D eigenvalue weighted by molar-refractivity contribution is 7.90. The molecule has 0 amide bonds. The summed E-state index contributed by atoms with van der Waals surface area (Å²) in [5.74, 6) is 0.222. The molecular formula is C10H24N2O2S. The Balaban J connectivity index is 3.27. The number of hydrogen-bond donors (Lipinski definition) is 2. The molecule has 0 aromatic rings. The van der Waals surface area contributed by atoms with Gasteiger partial charge in [-0.3, -0.25) is 0 Å². The Labute approximate surface area is 93.7 Å². The van der Waals surface area contributed by atoms with Gasteiger partial charge in [-0.25, -0.2) is 8.42 Å². The Morgan fingerprint density at radius 1 is 1.07 bits per heavy atom. The van der Waals surface area contributed by atoms with Gasteiger partial charge in [0.1, 0.15) is 9.84 Å². The lowest BCUT2D eigenvalue weighted by Crippen LogP contribution is -2.37. The topological polar surface area (TPSA) is 58.2 Å². The largest absolute Gasteiger partial charge is 0.316 e. The molecule has 0 unspecified atom stereocenters. The van der Waals surface area contributed by atoms with E-state index < -0.39 is 9.84 Å². The molecular weight excluding hydrogens is 212 g/mol. The normalized spacial score (nSPS) is 13.1. The van der Waals surface area contributed by atoms with Crippen molar-refractivity contribution in [3.05, 3.63) is 0 Å². The Kier molecular flexibility index (Phi) is 6.40. The summed E-state index contributed by atoms with van der Waals surface area (Å²) in [4.78, 5) is 0. The van der Waals surface area contributed by atoms with E-state index in [0.29, 0.717) is 6.54 Å². The van der Waals surface area contributed by atoms with E-state index >= 15 is 0 Å². The molecule has 0 aliphatic rings. The number of nitrogens with one attached hydrogen (secondary N) is 2. The molecule has 2 N–H and O–H groups in total. The van der Waals surface area contributed by atoms with Crippen LogP contribution in [0.1, 0.15) is 27.2 Å².